The van der Waals surface area contributed by atoms with Crippen molar-refractivity contribution in [1.29, 1.82) is 0 Å². The molecule has 46 heavy (non-hydrogen) atoms. The minimum absolute atomic E-state index is 0.388. The van der Waals surface area contributed by atoms with Gasteiger partial charge in [-0.3, -0.25) is 4.79 Å². The summed E-state index contributed by atoms with van der Waals surface area (Å²) in [5.74, 6) is -0.531. The molecule has 5 nitrogen and oxygen atoms in total. The summed E-state index contributed by atoms with van der Waals surface area (Å²) < 4.78 is 0. The topological polar surface area (TPSA) is 89.8 Å². The highest BCUT2D eigenvalue weighted by Gasteiger charge is 2.22. The van der Waals surface area contributed by atoms with Crippen LogP contribution in [0.4, 0.5) is 0 Å². The fourth-order valence-electron chi connectivity index (χ4n) is 5.31. The molecule has 0 aliphatic rings. The van der Waals surface area contributed by atoms with Crippen molar-refractivity contribution in [2.45, 2.75) is 186 Å². The summed E-state index contributed by atoms with van der Waals surface area (Å²) in [6, 6.07) is -0.825. The molecule has 266 valence electrons. The van der Waals surface area contributed by atoms with Crippen LogP contribution in [0, 0.1) is 0 Å². The van der Waals surface area contributed by atoms with E-state index in [9.17, 15) is 20.1 Å². The fraction of sp³-hybridized carbons (Fsp3) is 0.732. The lowest BCUT2D eigenvalue weighted by Crippen LogP contribution is -2.48. The number of carbonyl (C=O) groups is 1. The van der Waals surface area contributed by atoms with Crippen LogP contribution in [0.15, 0.2) is 60.8 Å². The molecule has 0 saturated heterocycles. The number of amides is 1. The van der Waals surface area contributed by atoms with Gasteiger partial charge < -0.3 is 20.6 Å². The quantitative estimate of drug-likeness (QED) is 0.0423. The van der Waals surface area contributed by atoms with E-state index < -0.39 is 24.2 Å². The zero-order chi connectivity index (χ0) is 33.8. The second-order valence-corrected chi connectivity index (χ2v) is 12.7. The van der Waals surface area contributed by atoms with Crippen molar-refractivity contribution in [3.8, 4) is 0 Å². The molecular formula is C41H73NO4. The number of aliphatic hydroxyl groups excluding tert-OH is 3. The van der Waals surface area contributed by atoms with E-state index in [1.807, 2.05) is 6.08 Å². The molecule has 0 spiro atoms. The van der Waals surface area contributed by atoms with Gasteiger partial charge >= 0.3 is 0 Å². The van der Waals surface area contributed by atoms with E-state index in [1.54, 1.807) is 6.08 Å². The first-order valence-corrected chi connectivity index (χ1v) is 19.1. The van der Waals surface area contributed by atoms with E-state index >= 15 is 0 Å². The lowest BCUT2D eigenvalue weighted by Gasteiger charge is -2.21. The van der Waals surface area contributed by atoms with Crippen LogP contribution in [0.25, 0.3) is 0 Å². The van der Waals surface area contributed by atoms with Gasteiger partial charge in [0.05, 0.1) is 18.8 Å². The smallest absolute Gasteiger partial charge is 0.249 e. The monoisotopic (exact) mass is 644 g/mol. The van der Waals surface area contributed by atoms with Gasteiger partial charge in [-0.1, -0.05) is 158 Å². The summed E-state index contributed by atoms with van der Waals surface area (Å²) in [7, 11) is 0. The first kappa shape index (κ1) is 44.0. The van der Waals surface area contributed by atoms with E-state index in [1.165, 1.54) is 83.5 Å². The molecule has 3 atom stereocenters. The van der Waals surface area contributed by atoms with Crippen molar-refractivity contribution >= 4 is 5.91 Å². The lowest BCUT2D eigenvalue weighted by atomic mass is 10.0. The van der Waals surface area contributed by atoms with Crippen molar-refractivity contribution in [3.05, 3.63) is 60.8 Å². The molecule has 4 N–H and O–H groups in total. The number of nitrogens with one attached hydrogen (secondary N) is 1. The third kappa shape index (κ3) is 30.7. The number of unbranched alkanes of at least 4 members (excludes halogenated alkanes) is 17. The highest BCUT2D eigenvalue weighted by Crippen LogP contribution is 2.12. The third-order valence-corrected chi connectivity index (χ3v) is 8.32. The molecule has 0 radical (unpaired) electrons. The third-order valence-electron chi connectivity index (χ3n) is 8.32. The molecule has 0 aliphatic carbocycles. The molecule has 0 aromatic heterocycles. The fourth-order valence-corrected chi connectivity index (χ4v) is 5.31. The first-order chi connectivity index (χ1) is 22.6. The van der Waals surface area contributed by atoms with E-state index in [0.717, 1.165) is 64.2 Å². The maximum atomic E-state index is 12.4. The largest absolute Gasteiger partial charge is 0.394 e. The Balaban J connectivity index is 3.75. The van der Waals surface area contributed by atoms with Crippen LogP contribution >= 0.6 is 0 Å². The summed E-state index contributed by atoms with van der Waals surface area (Å²) >= 11 is 0. The molecule has 0 aromatic carbocycles. The van der Waals surface area contributed by atoms with Crippen LogP contribution < -0.4 is 5.32 Å². The second kappa shape index (κ2) is 35.9. The highest BCUT2D eigenvalue weighted by molar-refractivity contribution is 5.80. The molecule has 0 rings (SSSR count). The average Bonchev–Trinajstić information content (AvgIpc) is 3.06. The van der Waals surface area contributed by atoms with Gasteiger partial charge in [0.25, 0.3) is 0 Å². The summed E-state index contributed by atoms with van der Waals surface area (Å²) in [6.07, 6.45) is 46.8. The van der Waals surface area contributed by atoms with Crippen LogP contribution in [0.1, 0.15) is 168 Å². The zero-order valence-electron chi connectivity index (χ0n) is 29.9. The van der Waals surface area contributed by atoms with Crippen molar-refractivity contribution < 1.29 is 20.1 Å². The normalized spacial score (nSPS) is 14.5. The number of hydrogen-bond donors (Lipinski definition) is 4. The van der Waals surface area contributed by atoms with Crippen molar-refractivity contribution in [3.63, 3.8) is 0 Å². The molecule has 0 aromatic rings. The maximum Gasteiger partial charge on any atom is 0.249 e. The average molecular weight is 644 g/mol. The number of hydrogen-bond acceptors (Lipinski definition) is 4. The van der Waals surface area contributed by atoms with Gasteiger partial charge in [0.15, 0.2) is 0 Å². The van der Waals surface area contributed by atoms with E-state index in [-0.39, 0.29) is 6.61 Å². The Kier molecular flexibility index (Phi) is 34.4. The van der Waals surface area contributed by atoms with Gasteiger partial charge in [-0.2, -0.15) is 0 Å². The Morgan fingerprint density at radius 2 is 1.02 bits per heavy atom. The number of allylic oxidation sites excluding steroid dienone is 9. The van der Waals surface area contributed by atoms with Crippen LogP contribution in [0.2, 0.25) is 0 Å². The molecule has 0 aliphatic heterocycles. The minimum atomic E-state index is -1.12. The summed E-state index contributed by atoms with van der Waals surface area (Å²) in [4.78, 5) is 12.4. The molecule has 0 fully saturated rings. The summed E-state index contributed by atoms with van der Waals surface area (Å²) in [6.45, 7) is 4.02. The molecule has 0 bridgehead atoms. The van der Waals surface area contributed by atoms with Gasteiger partial charge in [-0.05, 0) is 70.6 Å². The summed E-state index contributed by atoms with van der Waals surface area (Å²) in [5, 5.41) is 32.8. The summed E-state index contributed by atoms with van der Waals surface area (Å²) in [5.41, 5.74) is 0. The van der Waals surface area contributed by atoms with E-state index in [2.05, 4.69) is 67.8 Å². The Labute approximate surface area is 284 Å². The van der Waals surface area contributed by atoms with Crippen molar-refractivity contribution in [2.75, 3.05) is 6.61 Å². The molecule has 0 heterocycles. The lowest BCUT2D eigenvalue weighted by molar-refractivity contribution is -0.131. The van der Waals surface area contributed by atoms with Gasteiger partial charge in [0.2, 0.25) is 5.91 Å². The molecule has 1 amide bonds. The standard InChI is InChI=1S/C41H73NO4/c1-3-5-7-9-11-13-15-16-17-18-19-20-21-22-23-24-25-26-28-30-32-34-36-40(45)41(46)42-38(37-43)39(44)35-33-31-29-27-14-12-10-8-6-4-2/h6,8,14,19-20,22-23,27,33,35,38-40,43-45H,3-5,7,9-13,15-18,21,24-26,28-32,34,36-37H2,1-2H3,(H,42,46)/b8-6+,20-19-,23-22-,27-14+,35-33+. The zero-order valence-corrected chi connectivity index (χ0v) is 29.9. The highest BCUT2D eigenvalue weighted by atomic mass is 16.3. The predicted molar refractivity (Wildman–Crippen MR) is 199 cm³/mol. The van der Waals surface area contributed by atoms with Gasteiger partial charge in [0.1, 0.15) is 6.10 Å². The van der Waals surface area contributed by atoms with E-state index in [4.69, 9.17) is 0 Å². The van der Waals surface area contributed by atoms with E-state index in [0.29, 0.717) is 6.42 Å². The molecule has 3 unspecified atom stereocenters. The Morgan fingerprint density at radius 1 is 0.565 bits per heavy atom. The van der Waals surface area contributed by atoms with Gasteiger partial charge in [0, 0.05) is 0 Å². The van der Waals surface area contributed by atoms with Crippen LogP contribution in [0.3, 0.4) is 0 Å². The Morgan fingerprint density at radius 3 is 1.54 bits per heavy atom. The molecule has 5 heteroatoms. The molecular weight excluding hydrogens is 570 g/mol. The maximum absolute atomic E-state index is 12.4. The molecule has 0 saturated carbocycles. The van der Waals surface area contributed by atoms with Gasteiger partial charge in [-0.25, -0.2) is 0 Å². The predicted octanol–water partition coefficient (Wildman–Crippen LogP) is 10.4. The van der Waals surface area contributed by atoms with Crippen molar-refractivity contribution in [1.82, 2.24) is 5.32 Å². The van der Waals surface area contributed by atoms with Crippen LogP contribution in [-0.2, 0) is 4.79 Å². The number of carbonyl (C=O) groups excluding carboxylic acids is 1. The first-order valence-electron chi connectivity index (χ1n) is 19.1. The Bertz CT molecular complexity index is 800. The van der Waals surface area contributed by atoms with Crippen molar-refractivity contribution in [2.24, 2.45) is 0 Å². The van der Waals surface area contributed by atoms with Crippen LogP contribution in [-0.4, -0.2) is 46.1 Å². The van der Waals surface area contributed by atoms with Gasteiger partial charge in [-0.15, -0.1) is 0 Å². The second-order valence-electron chi connectivity index (χ2n) is 12.7. The minimum Gasteiger partial charge on any atom is -0.394 e. The Hall–Kier alpha value is -1.95. The number of aliphatic hydroxyl groups is 3. The van der Waals surface area contributed by atoms with Crippen LogP contribution in [0.5, 0.6) is 0 Å². The SMILES string of the molecule is CC/C=C/CC/C=C/CC/C=C/C(O)C(CO)NC(=O)C(O)CCCCCCCC/C=C\C/C=C\CCCCCCCCCCC. The number of rotatable bonds is 33.